The third kappa shape index (κ3) is 2.26. The average molecular weight is 286 g/mol. The van der Waals surface area contributed by atoms with Gasteiger partial charge < -0.3 is 10.8 Å². The van der Waals surface area contributed by atoms with E-state index in [1.807, 2.05) is 0 Å². The summed E-state index contributed by atoms with van der Waals surface area (Å²) in [4.78, 5) is 20.0. The molecule has 0 bridgehead atoms. The number of hydrogen-bond acceptors (Lipinski definition) is 6. The van der Waals surface area contributed by atoms with E-state index in [0.717, 1.165) is 10.2 Å². The van der Waals surface area contributed by atoms with E-state index in [-0.39, 0.29) is 11.3 Å². The summed E-state index contributed by atoms with van der Waals surface area (Å²) < 4.78 is 0.888. The minimum absolute atomic E-state index is 0.152. The molecule has 0 aliphatic heterocycles. The van der Waals surface area contributed by atoms with Gasteiger partial charge in [0.05, 0.1) is 22.0 Å². The zero-order chi connectivity index (χ0) is 14.1. The Labute approximate surface area is 117 Å². The number of hydrogen-bond donors (Lipinski definition) is 3. The lowest BCUT2D eigenvalue weighted by Gasteiger charge is -2.02. The van der Waals surface area contributed by atoms with Gasteiger partial charge in [-0.25, -0.2) is 4.98 Å². The number of nitrogen functional groups attached to an aromatic ring is 1. The van der Waals surface area contributed by atoms with Crippen LogP contribution in [0.25, 0.3) is 10.2 Å². The van der Waals surface area contributed by atoms with Crippen molar-refractivity contribution in [2.45, 2.75) is 0 Å². The van der Waals surface area contributed by atoms with Crippen molar-refractivity contribution in [2.24, 2.45) is 0 Å². The maximum Gasteiger partial charge on any atom is 0.261 e. The highest BCUT2D eigenvalue weighted by Gasteiger charge is 2.13. The molecule has 0 radical (unpaired) electrons. The summed E-state index contributed by atoms with van der Waals surface area (Å²) in [6.07, 6.45) is 2.65. The van der Waals surface area contributed by atoms with Crippen molar-refractivity contribution >= 4 is 38.3 Å². The first kappa shape index (κ1) is 12.4. The third-order valence-corrected chi connectivity index (χ3v) is 3.61. The van der Waals surface area contributed by atoms with Gasteiger partial charge in [-0.2, -0.15) is 0 Å². The van der Waals surface area contributed by atoms with Gasteiger partial charge in [0.2, 0.25) is 0 Å². The summed E-state index contributed by atoms with van der Waals surface area (Å²) >= 11 is 1.32. The van der Waals surface area contributed by atoms with Gasteiger partial charge in [-0.3, -0.25) is 15.1 Å². The minimum Gasteiger partial charge on any atom is -0.505 e. The summed E-state index contributed by atoms with van der Waals surface area (Å²) in [5.74, 6) is -0.604. The van der Waals surface area contributed by atoms with Crippen LogP contribution in [0.15, 0.2) is 36.7 Å². The largest absolute Gasteiger partial charge is 0.505 e. The number of fused-ring (bicyclic) bond motifs is 1. The van der Waals surface area contributed by atoms with Gasteiger partial charge >= 0.3 is 0 Å². The molecular formula is C13H10N4O2S. The highest BCUT2D eigenvalue weighted by molar-refractivity contribution is 7.22. The SMILES string of the molecule is Nc1ccc2nc(NC(=O)c3ccncc3O)sc2c1. The number of nitrogens with zero attached hydrogens (tertiary/aromatic N) is 2. The van der Waals surface area contributed by atoms with Crippen LogP contribution < -0.4 is 11.1 Å². The van der Waals surface area contributed by atoms with Crippen molar-refractivity contribution in [2.75, 3.05) is 11.1 Å². The number of nitrogens with one attached hydrogen (secondary N) is 1. The Kier molecular flexibility index (Phi) is 2.96. The molecule has 0 aliphatic carbocycles. The molecule has 20 heavy (non-hydrogen) atoms. The third-order valence-electron chi connectivity index (χ3n) is 2.68. The molecule has 0 unspecified atom stereocenters. The van der Waals surface area contributed by atoms with Crippen LogP contribution in [-0.4, -0.2) is 21.0 Å². The molecule has 2 aromatic heterocycles. The van der Waals surface area contributed by atoms with Crippen LogP contribution in [0, 0.1) is 0 Å². The molecule has 3 rings (SSSR count). The lowest BCUT2D eigenvalue weighted by atomic mass is 10.2. The first-order valence-corrected chi connectivity index (χ1v) is 6.55. The van der Waals surface area contributed by atoms with E-state index in [2.05, 4.69) is 15.3 Å². The second-order valence-electron chi connectivity index (χ2n) is 4.09. The van der Waals surface area contributed by atoms with Crippen molar-refractivity contribution in [1.82, 2.24) is 9.97 Å². The Balaban J connectivity index is 1.89. The number of carbonyl (C=O) groups is 1. The predicted octanol–water partition coefficient (Wildman–Crippen LogP) is 2.23. The van der Waals surface area contributed by atoms with E-state index in [9.17, 15) is 9.90 Å². The van der Waals surface area contributed by atoms with Crippen molar-refractivity contribution in [3.05, 3.63) is 42.2 Å². The van der Waals surface area contributed by atoms with Crippen LogP contribution in [0.3, 0.4) is 0 Å². The topological polar surface area (TPSA) is 101 Å². The van der Waals surface area contributed by atoms with Crippen molar-refractivity contribution in [1.29, 1.82) is 0 Å². The second-order valence-corrected chi connectivity index (χ2v) is 5.12. The van der Waals surface area contributed by atoms with Gasteiger partial charge in [0.15, 0.2) is 5.13 Å². The van der Waals surface area contributed by atoms with Crippen LogP contribution in [0.2, 0.25) is 0 Å². The van der Waals surface area contributed by atoms with Gasteiger partial charge in [0.1, 0.15) is 5.75 Å². The molecule has 100 valence electrons. The maximum absolute atomic E-state index is 12.0. The number of pyridine rings is 1. The van der Waals surface area contributed by atoms with E-state index in [4.69, 9.17) is 5.73 Å². The van der Waals surface area contributed by atoms with Crippen LogP contribution in [0.1, 0.15) is 10.4 Å². The Morgan fingerprint density at radius 2 is 2.20 bits per heavy atom. The fraction of sp³-hybridized carbons (Fsp3) is 0. The van der Waals surface area contributed by atoms with Gasteiger partial charge in [-0.1, -0.05) is 11.3 Å². The summed E-state index contributed by atoms with van der Waals surface area (Å²) in [6.45, 7) is 0. The van der Waals surface area contributed by atoms with Gasteiger partial charge in [0.25, 0.3) is 5.91 Å². The Bertz CT molecular complexity index is 800. The Morgan fingerprint density at radius 3 is 3.00 bits per heavy atom. The molecule has 3 aromatic rings. The molecule has 0 spiro atoms. The van der Waals surface area contributed by atoms with E-state index < -0.39 is 5.91 Å². The first-order valence-electron chi connectivity index (χ1n) is 5.74. The quantitative estimate of drug-likeness (QED) is 0.627. The number of rotatable bonds is 2. The number of nitrogens with two attached hydrogens (primary N) is 1. The fourth-order valence-electron chi connectivity index (χ4n) is 1.74. The molecule has 0 fully saturated rings. The van der Waals surface area contributed by atoms with E-state index in [0.29, 0.717) is 10.8 Å². The number of benzene rings is 1. The standard InChI is InChI=1S/C13H10N4O2S/c14-7-1-2-9-11(5-7)20-13(16-9)17-12(19)8-3-4-15-6-10(8)18/h1-6,18H,14H2,(H,16,17,19). The monoisotopic (exact) mass is 286 g/mol. The number of aromatic hydroxyl groups is 1. The maximum atomic E-state index is 12.0. The smallest absolute Gasteiger partial charge is 0.261 e. The second kappa shape index (κ2) is 4.78. The highest BCUT2D eigenvalue weighted by Crippen LogP contribution is 2.28. The van der Waals surface area contributed by atoms with Gasteiger partial charge in [-0.05, 0) is 24.3 Å². The zero-order valence-corrected chi connectivity index (χ0v) is 11.0. The number of anilines is 2. The van der Waals surface area contributed by atoms with Crippen molar-refractivity contribution in [3.8, 4) is 5.75 Å². The lowest BCUT2D eigenvalue weighted by molar-refractivity contribution is 0.102. The molecular weight excluding hydrogens is 276 g/mol. The average Bonchev–Trinajstić information content (AvgIpc) is 2.80. The van der Waals surface area contributed by atoms with Crippen molar-refractivity contribution in [3.63, 3.8) is 0 Å². The molecule has 0 aliphatic rings. The highest BCUT2D eigenvalue weighted by atomic mass is 32.1. The molecule has 0 atom stereocenters. The summed E-state index contributed by atoms with van der Waals surface area (Å²) in [7, 11) is 0. The normalized spacial score (nSPS) is 10.6. The minimum atomic E-state index is -0.433. The van der Waals surface area contributed by atoms with Gasteiger partial charge in [-0.15, -0.1) is 0 Å². The molecule has 7 heteroatoms. The van der Waals surface area contributed by atoms with Crippen LogP contribution in [0.5, 0.6) is 5.75 Å². The molecule has 0 saturated heterocycles. The lowest BCUT2D eigenvalue weighted by Crippen LogP contribution is -2.11. The number of aromatic nitrogens is 2. The van der Waals surface area contributed by atoms with E-state index >= 15 is 0 Å². The Morgan fingerprint density at radius 1 is 1.35 bits per heavy atom. The van der Waals surface area contributed by atoms with Gasteiger partial charge in [0, 0.05) is 11.9 Å². The number of thiazole rings is 1. The zero-order valence-electron chi connectivity index (χ0n) is 10.2. The molecule has 0 saturated carbocycles. The number of carbonyl (C=O) groups excluding carboxylic acids is 1. The van der Waals surface area contributed by atoms with E-state index in [1.54, 1.807) is 18.2 Å². The summed E-state index contributed by atoms with van der Waals surface area (Å²) in [5.41, 5.74) is 7.26. The molecule has 6 nitrogen and oxygen atoms in total. The number of amides is 1. The first-order chi connectivity index (χ1) is 9.63. The van der Waals surface area contributed by atoms with Crippen LogP contribution in [0.4, 0.5) is 10.8 Å². The van der Waals surface area contributed by atoms with Crippen molar-refractivity contribution < 1.29 is 9.90 Å². The van der Waals surface area contributed by atoms with Crippen LogP contribution in [-0.2, 0) is 0 Å². The van der Waals surface area contributed by atoms with E-state index in [1.165, 1.54) is 29.8 Å². The molecule has 2 heterocycles. The van der Waals surface area contributed by atoms with Crippen LogP contribution >= 0.6 is 11.3 Å². The summed E-state index contributed by atoms with van der Waals surface area (Å²) in [5, 5.41) is 12.7. The summed E-state index contributed by atoms with van der Waals surface area (Å²) in [6, 6.07) is 6.78. The molecule has 1 aromatic carbocycles. The Hall–Kier alpha value is -2.67. The molecule has 1 amide bonds. The fourth-order valence-corrected chi connectivity index (χ4v) is 2.65. The predicted molar refractivity (Wildman–Crippen MR) is 77.9 cm³/mol. The molecule has 4 N–H and O–H groups in total.